The molecule has 0 spiro atoms. The van der Waals surface area contributed by atoms with E-state index in [1.807, 2.05) is 0 Å². The second kappa shape index (κ2) is 5.86. The van der Waals surface area contributed by atoms with Crippen molar-refractivity contribution < 1.29 is 24.2 Å². The van der Waals surface area contributed by atoms with Gasteiger partial charge in [-0.2, -0.15) is 0 Å². The Hall–Kier alpha value is -1.56. The summed E-state index contributed by atoms with van der Waals surface area (Å²) in [4.78, 5) is 22.1. The van der Waals surface area contributed by atoms with Gasteiger partial charge in [0.15, 0.2) is 17.8 Å². The van der Waals surface area contributed by atoms with Crippen LogP contribution in [0.25, 0.3) is 0 Å². The molecule has 6 heteroatoms. The van der Waals surface area contributed by atoms with Crippen molar-refractivity contribution in [3.63, 3.8) is 0 Å². The van der Waals surface area contributed by atoms with Crippen LogP contribution in [0, 0.1) is 0 Å². The van der Waals surface area contributed by atoms with E-state index in [0.717, 1.165) is 0 Å². The lowest BCUT2D eigenvalue weighted by molar-refractivity contribution is -0.138. The van der Waals surface area contributed by atoms with Crippen molar-refractivity contribution in [3.05, 3.63) is 21.7 Å². The van der Waals surface area contributed by atoms with Gasteiger partial charge in [-0.15, -0.1) is 0 Å². The van der Waals surface area contributed by atoms with Crippen molar-refractivity contribution in [2.45, 2.75) is 12.8 Å². The number of methoxy groups -OCH3 is 2. The molecule has 1 atom stereocenters. The molecule has 98 valence electrons. The lowest BCUT2D eigenvalue weighted by atomic mass is 9.98. The Morgan fingerprint density at radius 2 is 1.94 bits per heavy atom. The molecule has 0 fully saturated rings. The maximum Gasteiger partial charge on any atom is 0.310 e. The highest BCUT2D eigenvalue weighted by atomic mass is 79.9. The number of carboxylic acid groups (broad SMARTS) is 1. The van der Waals surface area contributed by atoms with Crippen LogP contribution in [-0.2, 0) is 4.79 Å². The van der Waals surface area contributed by atoms with Crippen LogP contribution in [0.15, 0.2) is 10.5 Å². The number of halogens is 1. The highest BCUT2D eigenvalue weighted by Crippen LogP contribution is 2.41. The molecule has 0 aliphatic carbocycles. The monoisotopic (exact) mass is 316 g/mol. The third-order valence-electron chi connectivity index (χ3n) is 2.62. The van der Waals surface area contributed by atoms with E-state index in [-0.39, 0.29) is 17.1 Å². The number of aldehydes is 1. The van der Waals surface area contributed by atoms with Gasteiger partial charge in [-0.3, -0.25) is 9.59 Å². The average molecular weight is 317 g/mol. The highest BCUT2D eigenvalue weighted by Gasteiger charge is 2.25. The van der Waals surface area contributed by atoms with E-state index in [2.05, 4.69) is 15.9 Å². The molecule has 1 aromatic carbocycles. The number of hydrogen-bond acceptors (Lipinski definition) is 4. The van der Waals surface area contributed by atoms with Crippen LogP contribution in [0.1, 0.15) is 28.8 Å². The summed E-state index contributed by atoms with van der Waals surface area (Å²) in [7, 11) is 2.80. The first-order valence-electron chi connectivity index (χ1n) is 5.10. The molecule has 1 N–H and O–H groups in total. The third kappa shape index (κ3) is 2.48. The van der Waals surface area contributed by atoms with E-state index < -0.39 is 11.9 Å². The second-order valence-corrected chi connectivity index (χ2v) is 4.46. The average Bonchev–Trinajstić information content (AvgIpc) is 2.35. The quantitative estimate of drug-likeness (QED) is 0.845. The lowest BCUT2D eigenvalue weighted by Gasteiger charge is -2.17. The van der Waals surface area contributed by atoms with Crippen LogP contribution in [-0.4, -0.2) is 31.6 Å². The van der Waals surface area contributed by atoms with E-state index >= 15 is 0 Å². The van der Waals surface area contributed by atoms with Gasteiger partial charge in [0.05, 0.1) is 25.7 Å². The number of ether oxygens (including phenoxy) is 2. The molecule has 18 heavy (non-hydrogen) atoms. The van der Waals surface area contributed by atoms with Gasteiger partial charge in [0.2, 0.25) is 0 Å². The van der Waals surface area contributed by atoms with Crippen LogP contribution in [0.3, 0.4) is 0 Å². The predicted octanol–water partition coefficient (Wildman–Crippen LogP) is 2.47. The number of carboxylic acids is 1. The summed E-state index contributed by atoms with van der Waals surface area (Å²) in [5, 5.41) is 9.06. The molecule has 0 aromatic heterocycles. The Kier molecular flexibility index (Phi) is 4.72. The summed E-state index contributed by atoms with van der Waals surface area (Å²) < 4.78 is 10.8. The van der Waals surface area contributed by atoms with E-state index in [0.29, 0.717) is 16.3 Å². The topological polar surface area (TPSA) is 72.8 Å². The van der Waals surface area contributed by atoms with Crippen molar-refractivity contribution >= 4 is 28.2 Å². The normalized spacial score (nSPS) is 11.8. The molecule has 0 bridgehead atoms. The molecule has 1 aromatic rings. The molecule has 1 rings (SSSR count). The minimum Gasteiger partial charge on any atom is -0.493 e. The van der Waals surface area contributed by atoms with Gasteiger partial charge in [-0.05, 0) is 28.9 Å². The van der Waals surface area contributed by atoms with Gasteiger partial charge >= 0.3 is 5.97 Å². The molecule has 0 amide bonds. The van der Waals surface area contributed by atoms with Crippen molar-refractivity contribution in [1.29, 1.82) is 0 Å². The van der Waals surface area contributed by atoms with Crippen LogP contribution in [0.5, 0.6) is 11.5 Å². The first kappa shape index (κ1) is 14.5. The zero-order valence-electron chi connectivity index (χ0n) is 10.2. The maximum absolute atomic E-state index is 11.1. The van der Waals surface area contributed by atoms with Crippen LogP contribution in [0.4, 0.5) is 0 Å². The largest absolute Gasteiger partial charge is 0.493 e. The zero-order chi connectivity index (χ0) is 13.9. The SMILES string of the molecule is COc1c(C(C)C(=O)O)cc(Br)c(C=O)c1OC. The van der Waals surface area contributed by atoms with Crippen LogP contribution >= 0.6 is 15.9 Å². The number of carbonyl (C=O) groups is 2. The van der Waals surface area contributed by atoms with Crippen LogP contribution in [0.2, 0.25) is 0 Å². The molecule has 1 unspecified atom stereocenters. The first-order chi connectivity index (χ1) is 8.47. The Morgan fingerprint density at radius 1 is 1.39 bits per heavy atom. The van der Waals surface area contributed by atoms with Gasteiger partial charge < -0.3 is 14.6 Å². The summed E-state index contributed by atoms with van der Waals surface area (Å²) >= 11 is 3.22. The fourth-order valence-electron chi connectivity index (χ4n) is 1.62. The molecular formula is C12H13BrO5. The minimum atomic E-state index is -0.985. The van der Waals surface area contributed by atoms with Gasteiger partial charge in [-0.25, -0.2) is 0 Å². The minimum absolute atomic E-state index is 0.227. The summed E-state index contributed by atoms with van der Waals surface area (Å²) in [6.07, 6.45) is 0.626. The fourth-order valence-corrected chi connectivity index (χ4v) is 2.14. The molecule has 5 nitrogen and oxygen atoms in total. The number of benzene rings is 1. The van der Waals surface area contributed by atoms with E-state index in [1.54, 1.807) is 6.07 Å². The molecular weight excluding hydrogens is 304 g/mol. The van der Waals surface area contributed by atoms with Crippen molar-refractivity contribution in [2.24, 2.45) is 0 Å². The molecule has 0 heterocycles. The molecule has 0 saturated carbocycles. The van der Waals surface area contributed by atoms with E-state index in [4.69, 9.17) is 14.6 Å². The Bertz CT molecular complexity index is 484. The molecule has 0 aliphatic heterocycles. The standard InChI is InChI=1S/C12H13BrO5/c1-6(12(15)16)7-4-9(13)8(5-14)11(18-3)10(7)17-2/h4-6H,1-3H3,(H,15,16). The van der Waals surface area contributed by atoms with E-state index in [9.17, 15) is 9.59 Å². The second-order valence-electron chi connectivity index (χ2n) is 3.61. The summed E-state index contributed by atoms with van der Waals surface area (Å²) in [6, 6.07) is 1.56. The van der Waals surface area contributed by atoms with E-state index in [1.165, 1.54) is 21.1 Å². The van der Waals surface area contributed by atoms with Crippen molar-refractivity contribution in [1.82, 2.24) is 0 Å². The summed E-state index contributed by atoms with van der Waals surface area (Å²) in [5.74, 6) is -1.27. The summed E-state index contributed by atoms with van der Waals surface area (Å²) in [6.45, 7) is 1.53. The zero-order valence-corrected chi connectivity index (χ0v) is 11.8. The fraction of sp³-hybridized carbons (Fsp3) is 0.333. The maximum atomic E-state index is 11.1. The number of rotatable bonds is 5. The van der Waals surface area contributed by atoms with Gasteiger partial charge in [0, 0.05) is 10.0 Å². The first-order valence-corrected chi connectivity index (χ1v) is 5.89. The molecule has 0 aliphatic rings. The smallest absolute Gasteiger partial charge is 0.310 e. The summed E-state index contributed by atoms with van der Waals surface area (Å²) in [5.41, 5.74) is 0.731. The Morgan fingerprint density at radius 3 is 2.33 bits per heavy atom. The lowest BCUT2D eigenvalue weighted by Crippen LogP contribution is -2.10. The molecule has 0 saturated heterocycles. The Labute approximate surface area is 113 Å². The van der Waals surface area contributed by atoms with Crippen LogP contribution < -0.4 is 9.47 Å². The number of hydrogen-bond donors (Lipinski definition) is 1. The Balaban J connectivity index is 3.58. The number of carbonyl (C=O) groups excluding carboxylic acids is 1. The highest BCUT2D eigenvalue weighted by molar-refractivity contribution is 9.10. The predicted molar refractivity (Wildman–Crippen MR) is 68.7 cm³/mol. The molecule has 0 radical (unpaired) electrons. The van der Waals surface area contributed by atoms with Gasteiger partial charge in [0.25, 0.3) is 0 Å². The third-order valence-corrected chi connectivity index (χ3v) is 3.27. The van der Waals surface area contributed by atoms with Gasteiger partial charge in [0.1, 0.15) is 0 Å². The van der Waals surface area contributed by atoms with Crippen molar-refractivity contribution in [2.75, 3.05) is 14.2 Å². The van der Waals surface area contributed by atoms with Crippen molar-refractivity contribution in [3.8, 4) is 11.5 Å². The number of aliphatic carboxylic acids is 1. The van der Waals surface area contributed by atoms with Gasteiger partial charge in [-0.1, -0.05) is 0 Å².